The molecule has 17 heavy (non-hydrogen) atoms. The number of hydrogen-bond acceptors (Lipinski definition) is 2. The van der Waals surface area contributed by atoms with E-state index in [1.165, 1.54) is 17.3 Å². The van der Waals surface area contributed by atoms with Gasteiger partial charge in [-0.05, 0) is 12.0 Å². The third-order valence-corrected chi connectivity index (χ3v) is 2.99. The van der Waals surface area contributed by atoms with Crippen LogP contribution in [0.2, 0.25) is 0 Å². The lowest BCUT2D eigenvalue weighted by Gasteiger charge is -2.01. The minimum Gasteiger partial charge on any atom is -0.347 e. The second-order valence-corrected chi connectivity index (χ2v) is 4.68. The molecular formula is C14H19NOS. The number of unbranched alkanes of at least 4 members (excludes halogenated alkanes) is 1. The molecule has 1 rings (SSSR count). The van der Waals surface area contributed by atoms with Gasteiger partial charge < -0.3 is 5.32 Å². The van der Waals surface area contributed by atoms with Crippen LogP contribution >= 0.6 is 11.8 Å². The minimum atomic E-state index is 0.0659. The Kier molecular flexibility index (Phi) is 7.23. The third kappa shape index (κ3) is 6.84. The van der Waals surface area contributed by atoms with Crippen molar-refractivity contribution < 1.29 is 4.79 Å². The van der Waals surface area contributed by atoms with Crippen LogP contribution in [-0.4, -0.2) is 17.5 Å². The van der Waals surface area contributed by atoms with E-state index in [4.69, 9.17) is 0 Å². The average molecular weight is 249 g/mol. The van der Waals surface area contributed by atoms with Crippen molar-refractivity contribution in [1.82, 2.24) is 5.32 Å². The monoisotopic (exact) mass is 249 g/mol. The molecule has 0 unspecified atom stereocenters. The number of hydrogen-bond donors (Lipinski definition) is 1. The lowest BCUT2D eigenvalue weighted by Crippen LogP contribution is -2.19. The van der Waals surface area contributed by atoms with E-state index in [1.807, 2.05) is 42.5 Å². The van der Waals surface area contributed by atoms with Gasteiger partial charge in [-0.25, -0.2) is 0 Å². The fourth-order valence-corrected chi connectivity index (χ4v) is 1.84. The Bertz CT molecular complexity index is 348. The molecule has 0 atom stereocenters. The van der Waals surface area contributed by atoms with Gasteiger partial charge in [-0.1, -0.05) is 67.6 Å². The number of thioether (sulfide) groups is 1. The van der Waals surface area contributed by atoms with E-state index in [1.54, 1.807) is 0 Å². The van der Waals surface area contributed by atoms with Crippen molar-refractivity contribution in [2.75, 3.05) is 12.3 Å². The number of carbonyl (C=O) groups is 1. The first kappa shape index (κ1) is 13.8. The molecule has 0 heterocycles. The first-order valence-corrected chi connectivity index (χ1v) is 6.93. The lowest BCUT2D eigenvalue weighted by atomic mass is 10.2. The van der Waals surface area contributed by atoms with Crippen molar-refractivity contribution >= 4 is 23.1 Å². The van der Waals surface area contributed by atoms with Crippen LogP contribution in [-0.2, 0) is 0 Å². The summed E-state index contributed by atoms with van der Waals surface area (Å²) in [5.41, 5.74) is 1.17. The Hall–Kier alpha value is -1.22. The number of amides is 1. The SMILES string of the molecule is CCCCNC(=O)SC/C=C/c1ccccc1. The summed E-state index contributed by atoms with van der Waals surface area (Å²) in [4.78, 5) is 11.3. The molecule has 1 aromatic rings. The Balaban J connectivity index is 2.15. The Morgan fingerprint density at radius 3 is 2.82 bits per heavy atom. The van der Waals surface area contributed by atoms with Gasteiger partial charge >= 0.3 is 0 Å². The zero-order chi connectivity index (χ0) is 12.3. The molecule has 3 heteroatoms. The molecule has 0 aromatic heterocycles. The minimum absolute atomic E-state index is 0.0659. The highest BCUT2D eigenvalue weighted by Crippen LogP contribution is 2.05. The largest absolute Gasteiger partial charge is 0.347 e. The quantitative estimate of drug-likeness (QED) is 0.774. The van der Waals surface area contributed by atoms with Crippen molar-refractivity contribution in [3.63, 3.8) is 0 Å². The maximum Gasteiger partial charge on any atom is 0.279 e. The van der Waals surface area contributed by atoms with E-state index in [0.717, 1.165) is 19.4 Å². The molecular weight excluding hydrogens is 230 g/mol. The Morgan fingerprint density at radius 1 is 1.35 bits per heavy atom. The zero-order valence-corrected chi connectivity index (χ0v) is 11.0. The summed E-state index contributed by atoms with van der Waals surface area (Å²) in [6, 6.07) is 10.1. The van der Waals surface area contributed by atoms with E-state index >= 15 is 0 Å². The molecule has 0 bridgehead atoms. The van der Waals surface area contributed by atoms with E-state index in [-0.39, 0.29) is 5.24 Å². The molecule has 0 aliphatic heterocycles. The second kappa shape index (κ2) is 8.88. The molecule has 2 nitrogen and oxygen atoms in total. The molecule has 0 aliphatic carbocycles. The van der Waals surface area contributed by atoms with Gasteiger partial charge in [0.15, 0.2) is 0 Å². The predicted molar refractivity (Wildman–Crippen MR) is 76.2 cm³/mol. The number of nitrogens with one attached hydrogen (secondary N) is 1. The summed E-state index contributed by atoms with van der Waals surface area (Å²) < 4.78 is 0. The Labute approximate surface area is 107 Å². The van der Waals surface area contributed by atoms with E-state index in [9.17, 15) is 4.79 Å². The molecule has 1 N–H and O–H groups in total. The van der Waals surface area contributed by atoms with E-state index in [0.29, 0.717) is 5.75 Å². The summed E-state index contributed by atoms with van der Waals surface area (Å²) in [5.74, 6) is 0.715. The summed E-state index contributed by atoms with van der Waals surface area (Å²) in [5, 5.41) is 2.94. The highest BCUT2D eigenvalue weighted by Gasteiger charge is 1.97. The predicted octanol–water partition coefficient (Wildman–Crippen LogP) is 3.94. The summed E-state index contributed by atoms with van der Waals surface area (Å²) in [6.07, 6.45) is 6.21. The summed E-state index contributed by atoms with van der Waals surface area (Å²) in [6.45, 7) is 2.90. The lowest BCUT2D eigenvalue weighted by molar-refractivity contribution is 0.260. The average Bonchev–Trinajstić information content (AvgIpc) is 2.36. The molecule has 1 aromatic carbocycles. The molecule has 0 fully saturated rings. The normalized spacial score (nSPS) is 10.6. The van der Waals surface area contributed by atoms with Crippen LogP contribution in [0, 0.1) is 0 Å². The molecule has 0 aliphatic rings. The van der Waals surface area contributed by atoms with Crippen LogP contribution in [0.1, 0.15) is 25.3 Å². The van der Waals surface area contributed by atoms with Crippen LogP contribution in [0.25, 0.3) is 6.08 Å². The standard InChI is InChI=1S/C14H19NOS/c1-2-3-11-15-14(16)17-12-7-10-13-8-5-4-6-9-13/h4-10H,2-3,11-12H2,1H3,(H,15,16)/b10-7+. The zero-order valence-electron chi connectivity index (χ0n) is 10.2. The van der Waals surface area contributed by atoms with Crippen LogP contribution in [0.5, 0.6) is 0 Å². The first-order valence-electron chi connectivity index (χ1n) is 5.95. The van der Waals surface area contributed by atoms with Gasteiger partial charge in [0.25, 0.3) is 5.24 Å². The van der Waals surface area contributed by atoms with Crippen LogP contribution in [0.4, 0.5) is 4.79 Å². The van der Waals surface area contributed by atoms with Gasteiger partial charge in [0, 0.05) is 12.3 Å². The topological polar surface area (TPSA) is 29.1 Å². The Morgan fingerprint density at radius 2 is 2.12 bits per heavy atom. The van der Waals surface area contributed by atoms with Crippen molar-refractivity contribution in [2.24, 2.45) is 0 Å². The molecule has 1 amide bonds. The highest BCUT2D eigenvalue weighted by molar-refractivity contribution is 8.13. The van der Waals surface area contributed by atoms with Crippen LogP contribution in [0.3, 0.4) is 0 Å². The van der Waals surface area contributed by atoms with Crippen molar-refractivity contribution in [2.45, 2.75) is 19.8 Å². The molecule has 0 spiro atoms. The van der Waals surface area contributed by atoms with Crippen molar-refractivity contribution in [3.8, 4) is 0 Å². The first-order chi connectivity index (χ1) is 8.33. The van der Waals surface area contributed by atoms with Gasteiger partial charge in [-0.2, -0.15) is 0 Å². The van der Waals surface area contributed by atoms with E-state index < -0.39 is 0 Å². The molecule has 0 radical (unpaired) electrons. The van der Waals surface area contributed by atoms with Crippen molar-refractivity contribution in [1.29, 1.82) is 0 Å². The highest BCUT2D eigenvalue weighted by atomic mass is 32.2. The number of rotatable bonds is 6. The summed E-state index contributed by atoms with van der Waals surface area (Å²) in [7, 11) is 0. The van der Waals surface area contributed by atoms with Gasteiger partial charge in [-0.15, -0.1) is 0 Å². The number of benzene rings is 1. The van der Waals surface area contributed by atoms with Crippen LogP contribution in [0.15, 0.2) is 36.4 Å². The maximum atomic E-state index is 11.3. The van der Waals surface area contributed by atoms with Gasteiger partial charge in [0.05, 0.1) is 0 Å². The third-order valence-electron chi connectivity index (χ3n) is 2.22. The van der Waals surface area contributed by atoms with Crippen molar-refractivity contribution in [3.05, 3.63) is 42.0 Å². The molecule has 0 saturated heterocycles. The maximum absolute atomic E-state index is 11.3. The smallest absolute Gasteiger partial charge is 0.279 e. The van der Waals surface area contributed by atoms with Gasteiger partial charge in [-0.3, -0.25) is 4.79 Å². The fraction of sp³-hybridized carbons (Fsp3) is 0.357. The van der Waals surface area contributed by atoms with Crippen LogP contribution < -0.4 is 5.32 Å². The van der Waals surface area contributed by atoms with E-state index in [2.05, 4.69) is 12.2 Å². The molecule has 0 saturated carbocycles. The number of carbonyl (C=O) groups excluding carboxylic acids is 1. The fourth-order valence-electron chi connectivity index (χ4n) is 1.29. The molecule has 92 valence electrons. The van der Waals surface area contributed by atoms with Gasteiger partial charge in [0.1, 0.15) is 0 Å². The second-order valence-electron chi connectivity index (χ2n) is 3.69. The summed E-state index contributed by atoms with van der Waals surface area (Å²) >= 11 is 1.31. The van der Waals surface area contributed by atoms with Gasteiger partial charge in [0.2, 0.25) is 0 Å².